The summed E-state index contributed by atoms with van der Waals surface area (Å²) >= 11 is 7.39. The number of nitrogens with two attached hydrogens (primary N) is 1. The highest BCUT2D eigenvalue weighted by Crippen LogP contribution is 2.38. The summed E-state index contributed by atoms with van der Waals surface area (Å²) < 4.78 is 27.7. The fourth-order valence-electron chi connectivity index (χ4n) is 2.68. The number of hydrogen-bond acceptors (Lipinski definition) is 4. The van der Waals surface area contributed by atoms with E-state index in [0.29, 0.717) is 10.6 Å². The van der Waals surface area contributed by atoms with Crippen LogP contribution in [0.1, 0.15) is 11.8 Å². The molecule has 0 aliphatic carbocycles. The van der Waals surface area contributed by atoms with E-state index < -0.39 is 21.1 Å². The lowest BCUT2D eigenvalue weighted by Gasteiger charge is -2.36. The SMILES string of the molecule is C=S1(=O)C[C@@](C)(c2cc(-c3cc(F)cc(Cl)c3)cs2)N=C(N)N1C. The summed E-state index contributed by atoms with van der Waals surface area (Å²) in [6, 6.07) is 6.30. The van der Waals surface area contributed by atoms with Crippen LogP contribution in [-0.4, -0.2) is 33.1 Å². The Labute approximate surface area is 149 Å². The molecule has 0 amide bonds. The van der Waals surface area contributed by atoms with E-state index in [2.05, 4.69) is 10.9 Å². The summed E-state index contributed by atoms with van der Waals surface area (Å²) in [6.07, 6.45) is 0. The maximum absolute atomic E-state index is 13.6. The van der Waals surface area contributed by atoms with Crippen LogP contribution in [0, 0.1) is 5.82 Å². The predicted octanol–water partition coefficient (Wildman–Crippen LogP) is 3.31. The Morgan fingerprint density at radius 3 is 2.75 bits per heavy atom. The van der Waals surface area contributed by atoms with E-state index in [1.54, 1.807) is 13.1 Å². The minimum absolute atomic E-state index is 0.201. The van der Waals surface area contributed by atoms with Crippen molar-refractivity contribution in [1.29, 1.82) is 0 Å². The van der Waals surface area contributed by atoms with Crippen LogP contribution in [0.5, 0.6) is 0 Å². The van der Waals surface area contributed by atoms with Crippen molar-refractivity contribution in [3.05, 3.63) is 45.4 Å². The number of benzene rings is 1. The van der Waals surface area contributed by atoms with Gasteiger partial charge in [0.1, 0.15) is 11.4 Å². The van der Waals surface area contributed by atoms with Crippen molar-refractivity contribution in [2.75, 3.05) is 12.8 Å². The Morgan fingerprint density at radius 1 is 1.42 bits per heavy atom. The molecule has 3 rings (SSSR count). The molecule has 4 nitrogen and oxygen atoms in total. The number of halogens is 2. The van der Waals surface area contributed by atoms with Gasteiger partial charge in [-0.15, -0.1) is 11.3 Å². The maximum atomic E-state index is 13.6. The number of rotatable bonds is 2. The summed E-state index contributed by atoms with van der Waals surface area (Å²) in [4.78, 5) is 5.41. The highest BCUT2D eigenvalue weighted by atomic mass is 35.5. The van der Waals surface area contributed by atoms with Gasteiger partial charge in [-0.1, -0.05) is 11.6 Å². The molecule has 128 valence electrons. The normalized spacial score (nSPS) is 27.2. The third-order valence-corrected chi connectivity index (χ3v) is 7.62. The van der Waals surface area contributed by atoms with Gasteiger partial charge >= 0.3 is 0 Å². The molecular formula is C16H17ClFN3OS2. The van der Waals surface area contributed by atoms with Gasteiger partial charge in [-0.05, 0) is 53.6 Å². The van der Waals surface area contributed by atoms with Gasteiger partial charge in [-0.25, -0.2) is 13.6 Å². The first-order valence-electron chi connectivity index (χ1n) is 7.10. The highest BCUT2D eigenvalue weighted by Gasteiger charge is 2.38. The second kappa shape index (κ2) is 5.75. The van der Waals surface area contributed by atoms with Gasteiger partial charge in [0.25, 0.3) is 0 Å². The molecule has 2 heterocycles. The summed E-state index contributed by atoms with van der Waals surface area (Å²) in [6.45, 7) is 1.88. The third kappa shape index (κ3) is 3.03. The van der Waals surface area contributed by atoms with E-state index >= 15 is 0 Å². The molecule has 0 spiro atoms. The van der Waals surface area contributed by atoms with Crippen LogP contribution in [0.3, 0.4) is 0 Å². The second-order valence-corrected chi connectivity index (χ2v) is 9.75. The van der Waals surface area contributed by atoms with E-state index in [9.17, 15) is 8.60 Å². The largest absolute Gasteiger partial charge is 0.369 e. The zero-order valence-corrected chi connectivity index (χ0v) is 15.6. The monoisotopic (exact) mass is 385 g/mol. The van der Waals surface area contributed by atoms with Gasteiger partial charge in [0.2, 0.25) is 5.96 Å². The molecule has 2 N–H and O–H groups in total. The van der Waals surface area contributed by atoms with Crippen LogP contribution in [0.4, 0.5) is 4.39 Å². The van der Waals surface area contributed by atoms with Crippen LogP contribution in [0.2, 0.25) is 5.02 Å². The van der Waals surface area contributed by atoms with Crippen LogP contribution in [0.15, 0.2) is 34.6 Å². The quantitative estimate of drug-likeness (QED) is 0.806. The van der Waals surface area contributed by atoms with E-state index in [0.717, 1.165) is 10.4 Å². The lowest BCUT2D eigenvalue weighted by Crippen LogP contribution is -2.50. The molecule has 0 fully saturated rings. The highest BCUT2D eigenvalue weighted by molar-refractivity contribution is 7.98. The Hall–Kier alpha value is -1.57. The van der Waals surface area contributed by atoms with E-state index in [1.807, 2.05) is 18.4 Å². The molecule has 1 aliphatic heterocycles. The Kier molecular flexibility index (Phi) is 4.14. The van der Waals surface area contributed by atoms with Crippen molar-refractivity contribution in [2.24, 2.45) is 10.7 Å². The topological polar surface area (TPSA) is 58.7 Å². The summed E-state index contributed by atoms with van der Waals surface area (Å²) in [5.74, 6) is 3.88. The zero-order chi connectivity index (χ0) is 17.7. The van der Waals surface area contributed by atoms with Gasteiger partial charge in [0.15, 0.2) is 0 Å². The molecule has 1 unspecified atom stereocenters. The second-order valence-electron chi connectivity index (χ2n) is 6.02. The molecule has 0 saturated heterocycles. The van der Waals surface area contributed by atoms with Crippen molar-refractivity contribution < 1.29 is 8.60 Å². The van der Waals surface area contributed by atoms with Crippen LogP contribution >= 0.6 is 22.9 Å². The Balaban J connectivity index is 2.04. The van der Waals surface area contributed by atoms with Gasteiger partial charge in [-0.2, -0.15) is 0 Å². The number of nitrogens with zero attached hydrogens (tertiary/aromatic N) is 2. The van der Waals surface area contributed by atoms with Crippen molar-refractivity contribution in [3.8, 4) is 11.1 Å². The van der Waals surface area contributed by atoms with Crippen LogP contribution in [-0.2, 0) is 15.2 Å². The first kappa shape index (κ1) is 17.3. The van der Waals surface area contributed by atoms with E-state index in [-0.39, 0.29) is 11.7 Å². The molecular weight excluding hydrogens is 369 g/mol. The Morgan fingerprint density at radius 2 is 2.12 bits per heavy atom. The van der Waals surface area contributed by atoms with Gasteiger partial charge in [0, 0.05) is 16.9 Å². The standard InChI is InChI=1S/C16H17ClFN3OS2/c1-16(9-24(3,22)21(2)15(19)20-16)14-6-11(8-23-14)10-4-12(17)7-13(18)5-10/h4-8H,3,9H2,1-2H3,(H2,19,20)/t16-,24?/m0/s1. The van der Waals surface area contributed by atoms with Crippen LogP contribution in [0.25, 0.3) is 11.1 Å². The lowest BCUT2D eigenvalue weighted by molar-refractivity contribution is 0.522. The summed E-state index contributed by atoms with van der Waals surface area (Å²) in [5.41, 5.74) is 6.71. The number of aliphatic imine (C=N–C) groups is 1. The number of guanidine groups is 1. The number of hydrogen-bond donors (Lipinski definition) is 1. The van der Waals surface area contributed by atoms with Crippen LogP contribution < -0.4 is 5.73 Å². The third-order valence-electron chi connectivity index (χ3n) is 4.02. The smallest absolute Gasteiger partial charge is 0.203 e. The zero-order valence-electron chi connectivity index (χ0n) is 13.3. The molecule has 1 aromatic heterocycles. The fraction of sp³-hybridized carbons (Fsp3) is 0.250. The first-order chi connectivity index (χ1) is 11.1. The lowest BCUT2D eigenvalue weighted by atomic mass is 10.0. The number of thiophene rings is 1. The van der Waals surface area contributed by atoms with Crippen molar-refractivity contribution >= 4 is 44.5 Å². The van der Waals surface area contributed by atoms with Crippen molar-refractivity contribution in [2.45, 2.75) is 12.5 Å². The van der Waals surface area contributed by atoms with Gasteiger partial charge in [0.05, 0.1) is 15.5 Å². The first-order valence-corrected chi connectivity index (χ1v) is 10.2. The maximum Gasteiger partial charge on any atom is 0.203 e. The van der Waals surface area contributed by atoms with Gasteiger partial charge < -0.3 is 5.73 Å². The molecule has 1 aromatic carbocycles. The molecule has 24 heavy (non-hydrogen) atoms. The van der Waals surface area contributed by atoms with E-state index in [1.165, 1.54) is 27.8 Å². The summed E-state index contributed by atoms with van der Waals surface area (Å²) in [7, 11) is -0.905. The minimum Gasteiger partial charge on any atom is -0.369 e. The molecule has 2 atom stereocenters. The molecule has 0 saturated carbocycles. The molecule has 8 heteroatoms. The minimum atomic E-state index is -2.53. The average molecular weight is 386 g/mol. The average Bonchev–Trinajstić information content (AvgIpc) is 2.94. The van der Waals surface area contributed by atoms with Crippen molar-refractivity contribution in [1.82, 2.24) is 4.31 Å². The Bertz CT molecular complexity index is 918. The van der Waals surface area contributed by atoms with Crippen molar-refractivity contribution in [3.63, 3.8) is 0 Å². The molecule has 1 aliphatic rings. The van der Waals surface area contributed by atoms with Gasteiger partial charge in [-0.3, -0.25) is 4.31 Å². The fourth-order valence-corrected chi connectivity index (χ4v) is 5.69. The van der Waals surface area contributed by atoms with E-state index in [4.69, 9.17) is 17.3 Å². The molecule has 0 radical (unpaired) electrons. The predicted molar refractivity (Wildman–Crippen MR) is 102 cm³/mol. The molecule has 2 aromatic rings. The molecule has 0 bridgehead atoms. The summed E-state index contributed by atoms with van der Waals surface area (Å²) in [5, 5.41) is 2.24.